The van der Waals surface area contributed by atoms with E-state index in [0.29, 0.717) is 6.07 Å². The summed E-state index contributed by atoms with van der Waals surface area (Å²) in [4.78, 5) is 0. The maximum atomic E-state index is 13.1. The molecule has 0 saturated heterocycles. The average Bonchev–Trinajstić information content (AvgIpc) is 2.55. The van der Waals surface area contributed by atoms with Crippen LogP contribution in [0, 0.1) is 11.6 Å². The van der Waals surface area contributed by atoms with Gasteiger partial charge in [0.1, 0.15) is 11.3 Å². The third kappa shape index (κ3) is 1.46. The molecule has 8 heteroatoms. The van der Waals surface area contributed by atoms with E-state index in [1.54, 1.807) is 5.10 Å². The number of rotatable bonds is 1. The number of halogens is 3. The van der Waals surface area contributed by atoms with Crippen LogP contribution in [0.3, 0.4) is 0 Å². The molecule has 0 amide bonds. The zero-order valence-electron chi connectivity index (χ0n) is 6.96. The van der Waals surface area contributed by atoms with Crippen molar-refractivity contribution in [1.29, 1.82) is 0 Å². The lowest BCUT2D eigenvalue weighted by molar-refractivity contribution is 0.547. The molecule has 0 atom stereocenters. The molecule has 2 rings (SSSR count). The Bertz CT molecular complexity index is 635. The molecule has 80 valence electrons. The summed E-state index contributed by atoms with van der Waals surface area (Å²) in [7, 11) is -5.15. The van der Waals surface area contributed by atoms with E-state index < -0.39 is 37.8 Å². The zero-order chi connectivity index (χ0) is 11.2. The molecule has 1 N–H and O–H groups in total. The molecule has 1 heterocycles. The van der Waals surface area contributed by atoms with E-state index in [-0.39, 0.29) is 0 Å². The first kappa shape index (κ1) is 9.97. The van der Waals surface area contributed by atoms with Gasteiger partial charge in [-0.3, -0.25) is 5.10 Å². The van der Waals surface area contributed by atoms with Crippen LogP contribution in [-0.2, 0) is 10.2 Å². The van der Waals surface area contributed by atoms with Crippen molar-refractivity contribution >= 4 is 21.1 Å². The Balaban J connectivity index is 2.98. The summed E-state index contributed by atoms with van der Waals surface area (Å²) in [6.07, 6.45) is 0. The fourth-order valence-electron chi connectivity index (χ4n) is 1.21. The highest BCUT2D eigenvalue weighted by atomic mass is 32.3. The van der Waals surface area contributed by atoms with Crippen molar-refractivity contribution in [2.75, 3.05) is 0 Å². The van der Waals surface area contributed by atoms with E-state index in [9.17, 15) is 21.1 Å². The quantitative estimate of drug-likeness (QED) is 0.763. The molecule has 0 unspecified atom stereocenters. The highest BCUT2D eigenvalue weighted by molar-refractivity contribution is 7.86. The van der Waals surface area contributed by atoms with Crippen molar-refractivity contribution in [2.45, 2.75) is 5.03 Å². The summed E-state index contributed by atoms with van der Waals surface area (Å²) in [5.41, 5.74) is -0.550. The fraction of sp³-hybridized carbons (Fsp3) is 0. The standard InChI is InChI=1S/C7H3F3N2O2S/c8-3-1-2-4(9)6-5(3)7(12-11-6)15(10,13)14/h1-2H,(H,11,12). The Labute approximate surface area is 81.9 Å². The number of aromatic nitrogens is 2. The number of hydrogen-bond acceptors (Lipinski definition) is 3. The van der Waals surface area contributed by atoms with E-state index >= 15 is 0 Å². The third-order valence-electron chi connectivity index (χ3n) is 1.82. The molecule has 0 bridgehead atoms. The minimum Gasteiger partial charge on any atom is -0.264 e. The van der Waals surface area contributed by atoms with E-state index in [1.807, 2.05) is 0 Å². The number of nitrogens with zero attached hydrogens (tertiary/aromatic N) is 1. The highest BCUT2D eigenvalue weighted by Crippen LogP contribution is 2.26. The van der Waals surface area contributed by atoms with Gasteiger partial charge in [-0.1, -0.05) is 3.89 Å². The van der Waals surface area contributed by atoms with Crippen molar-refractivity contribution < 1.29 is 21.1 Å². The van der Waals surface area contributed by atoms with Crippen LogP contribution >= 0.6 is 0 Å². The lowest BCUT2D eigenvalue weighted by Gasteiger charge is -1.94. The molecule has 0 aliphatic rings. The smallest absolute Gasteiger partial charge is 0.264 e. The van der Waals surface area contributed by atoms with Crippen LogP contribution in [-0.4, -0.2) is 18.6 Å². The van der Waals surface area contributed by atoms with Gasteiger partial charge in [0, 0.05) is 0 Å². The van der Waals surface area contributed by atoms with Gasteiger partial charge in [0.25, 0.3) is 0 Å². The largest absolute Gasteiger partial charge is 0.349 e. The number of H-pyrrole nitrogens is 1. The van der Waals surface area contributed by atoms with Crippen LogP contribution in [0.2, 0.25) is 0 Å². The number of benzene rings is 1. The van der Waals surface area contributed by atoms with Crippen LogP contribution < -0.4 is 0 Å². The van der Waals surface area contributed by atoms with Crippen molar-refractivity contribution in [3.8, 4) is 0 Å². The average molecular weight is 236 g/mol. The second-order valence-corrected chi connectivity index (χ2v) is 4.03. The molecular weight excluding hydrogens is 233 g/mol. The van der Waals surface area contributed by atoms with Crippen LogP contribution in [0.4, 0.5) is 12.7 Å². The Morgan fingerprint density at radius 3 is 2.40 bits per heavy atom. The topological polar surface area (TPSA) is 62.8 Å². The number of aromatic amines is 1. The molecule has 0 spiro atoms. The molecule has 15 heavy (non-hydrogen) atoms. The lowest BCUT2D eigenvalue weighted by atomic mass is 10.2. The molecule has 1 aromatic carbocycles. The second kappa shape index (κ2) is 2.96. The van der Waals surface area contributed by atoms with Crippen molar-refractivity contribution in [3.05, 3.63) is 23.8 Å². The van der Waals surface area contributed by atoms with Gasteiger partial charge in [0.15, 0.2) is 10.8 Å². The molecule has 2 aromatic rings. The Morgan fingerprint density at radius 1 is 1.20 bits per heavy atom. The second-order valence-electron chi connectivity index (χ2n) is 2.74. The summed E-state index contributed by atoms with van der Waals surface area (Å²) in [5.74, 6) is -1.99. The molecule has 0 aliphatic carbocycles. The molecule has 4 nitrogen and oxygen atoms in total. The summed E-state index contributed by atoms with van der Waals surface area (Å²) < 4.78 is 59.8. The van der Waals surface area contributed by atoms with Gasteiger partial charge in [0.05, 0.1) is 5.39 Å². The number of nitrogens with one attached hydrogen (secondary N) is 1. The first-order chi connectivity index (χ1) is 6.91. The summed E-state index contributed by atoms with van der Waals surface area (Å²) in [6, 6.07) is 1.47. The SMILES string of the molecule is O=S(=O)(F)c1[nH]nc2c(F)ccc(F)c12. The van der Waals surface area contributed by atoms with Gasteiger partial charge in [-0.25, -0.2) is 8.78 Å². The molecule has 0 radical (unpaired) electrons. The lowest BCUT2D eigenvalue weighted by Crippen LogP contribution is -1.94. The van der Waals surface area contributed by atoms with Gasteiger partial charge in [-0.15, -0.1) is 0 Å². The Kier molecular flexibility index (Phi) is 1.97. The molecule has 0 saturated carbocycles. The van der Waals surface area contributed by atoms with Crippen molar-refractivity contribution in [1.82, 2.24) is 10.2 Å². The van der Waals surface area contributed by atoms with Gasteiger partial charge in [-0.05, 0) is 12.1 Å². The monoisotopic (exact) mass is 236 g/mol. The van der Waals surface area contributed by atoms with Crippen LogP contribution in [0.15, 0.2) is 17.2 Å². The van der Waals surface area contributed by atoms with E-state index in [2.05, 4.69) is 5.10 Å². The molecular formula is C7H3F3N2O2S. The first-order valence-corrected chi connectivity index (χ1v) is 5.06. The maximum Gasteiger partial charge on any atom is 0.349 e. The Hall–Kier alpha value is -1.57. The summed E-state index contributed by atoms with van der Waals surface area (Å²) in [5, 5.41) is 3.14. The minimum absolute atomic E-state index is 0.550. The van der Waals surface area contributed by atoms with Crippen LogP contribution in [0.1, 0.15) is 0 Å². The van der Waals surface area contributed by atoms with Gasteiger partial charge >= 0.3 is 10.2 Å². The third-order valence-corrected chi connectivity index (χ3v) is 2.60. The molecule has 1 aromatic heterocycles. The number of hydrogen-bond donors (Lipinski definition) is 1. The van der Waals surface area contributed by atoms with E-state index in [4.69, 9.17) is 0 Å². The fourth-order valence-corrected chi connectivity index (χ4v) is 1.80. The van der Waals surface area contributed by atoms with E-state index in [0.717, 1.165) is 6.07 Å². The molecule has 0 aliphatic heterocycles. The zero-order valence-corrected chi connectivity index (χ0v) is 7.78. The normalized spacial score (nSPS) is 12.2. The minimum atomic E-state index is -5.15. The predicted molar refractivity (Wildman–Crippen MR) is 44.3 cm³/mol. The van der Waals surface area contributed by atoms with Crippen molar-refractivity contribution in [3.63, 3.8) is 0 Å². The Morgan fingerprint density at radius 2 is 1.80 bits per heavy atom. The van der Waals surface area contributed by atoms with Crippen LogP contribution in [0.5, 0.6) is 0 Å². The molecule has 0 fully saturated rings. The summed E-state index contributed by atoms with van der Waals surface area (Å²) >= 11 is 0. The summed E-state index contributed by atoms with van der Waals surface area (Å²) in [6.45, 7) is 0. The first-order valence-electron chi connectivity index (χ1n) is 3.68. The van der Waals surface area contributed by atoms with Gasteiger partial charge in [-0.2, -0.15) is 13.5 Å². The highest BCUT2D eigenvalue weighted by Gasteiger charge is 2.23. The predicted octanol–water partition coefficient (Wildman–Crippen LogP) is 1.50. The van der Waals surface area contributed by atoms with Gasteiger partial charge < -0.3 is 0 Å². The van der Waals surface area contributed by atoms with Gasteiger partial charge in [0.2, 0.25) is 0 Å². The maximum absolute atomic E-state index is 13.1. The van der Waals surface area contributed by atoms with E-state index in [1.165, 1.54) is 0 Å². The van der Waals surface area contributed by atoms with Crippen LogP contribution in [0.25, 0.3) is 10.9 Å². The number of fused-ring (bicyclic) bond motifs is 1. The van der Waals surface area contributed by atoms with Crippen molar-refractivity contribution in [2.24, 2.45) is 0 Å².